The van der Waals surface area contributed by atoms with Gasteiger partial charge >= 0.3 is 6.61 Å². The highest BCUT2D eigenvalue weighted by molar-refractivity contribution is 6.06. The third-order valence-corrected chi connectivity index (χ3v) is 6.71. The van der Waals surface area contributed by atoms with Gasteiger partial charge in [0, 0.05) is 44.0 Å². The molecule has 1 amide bonds. The van der Waals surface area contributed by atoms with Crippen molar-refractivity contribution in [2.75, 3.05) is 30.4 Å². The van der Waals surface area contributed by atoms with E-state index in [1.54, 1.807) is 24.0 Å². The number of amides is 1. The van der Waals surface area contributed by atoms with Crippen LogP contribution in [0.3, 0.4) is 0 Å². The predicted octanol–water partition coefficient (Wildman–Crippen LogP) is 3.95. The Hall–Kier alpha value is -4.85. The summed E-state index contributed by atoms with van der Waals surface area (Å²) < 4.78 is 67.2. The molecule has 0 radical (unpaired) electrons. The Kier molecular flexibility index (Phi) is 7.41. The molecule has 0 bridgehead atoms. The number of alkyl halides is 2. The molecule has 0 saturated carbocycles. The number of carbonyl (C=O) groups excluding carboxylic acids is 1. The van der Waals surface area contributed by atoms with Gasteiger partial charge in [-0.05, 0) is 43.3 Å². The molecule has 1 saturated heterocycles. The molecule has 10 nitrogen and oxygen atoms in total. The standard InChI is InChI=1S/C28H25F4N5O5/c1-28(40)13-36(14-28)20-5-4-10-33-24(20)37-26(39)22(34-25(38)15-6-8-16(9-7-15)42-27(31)32)23(35(37)2)21-18(29)11-17(41-3)12-19(21)30/h4-12,27,40H,13-14H2,1-3H3,(H,34,38). The van der Waals surface area contributed by atoms with Crippen molar-refractivity contribution in [3.63, 3.8) is 0 Å². The number of nitrogens with zero attached hydrogens (tertiary/aromatic N) is 4. The highest BCUT2D eigenvalue weighted by atomic mass is 19.3. The Morgan fingerprint density at radius 2 is 1.74 bits per heavy atom. The molecule has 2 aromatic carbocycles. The molecule has 2 aromatic heterocycles. The second-order valence-electron chi connectivity index (χ2n) is 9.89. The van der Waals surface area contributed by atoms with Crippen molar-refractivity contribution < 1.29 is 36.9 Å². The molecule has 4 aromatic rings. The first-order chi connectivity index (χ1) is 19.9. The average Bonchev–Trinajstić information content (AvgIpc) is 3.15. The van der Waals surface area contributed by atoms with E-state index in [1.165, 1.54) is 32.5 Å². The first kappa shape index (κ1) is 28.7. The zero-order valence-electron chi connectivity index (χ0n) is 22.6. The summed E-state index contributed by atoms with van der Waals surface area (Å²) in [6.45, 7) is -0.924. The number of aliphatic hydroxyl groups is 1. The Balaban J connectivity index is 1.66. The lowest BCUT2D eigenvalue weighted by atomic mass is 9.96. The number of aromatic nitrogens is 3. The molecule has 1 aliphatic rings. The Morgan fingerprint density at radius 1 is 1.10 bits per heavy atom. The van der Waals surface area contributed by atoms with E-state index in [2.05, 4.69) is 15.0 Å². The quantitative estimate of drug-likeness (QED) is 0.301. The number of nitrogens with one attached hydrogen (secondary N) is 1. The third-order valence-electron chi connectivity index (χ3n) is 6.71. The molecule has 5 rings (SSSR count). The molecule has 14 heteroatoms. The van der Waals surface area contributed by atoms with Crippen LogP contribution in [0.1, 0.15) is 17.3 Å². The van der Waals surface area contributed by atoms with Gasteiger partial charge in [0.1, 0.15) is 34.5 Å². The van der Waals surface area contributed by atoms with Crippen LogP contribution in [0.25, 0.3) is 17.1 Å². The second kappa shape index (κ2) is 10.9. The minimum atomic E-state index is -3.07. The molecule has 0 unspecified atom stereocenters. The first-order valence-corrected chi connectivity index (χ1v) is 12.5. The lowest BCUT2D eigenvalue weighted by molar-refractivity contribution is -0.0498. The van der Waals surface area contributed by atoms with E-state index in [9.17, 15) is 23.5 Å². The number of β-amino-alcohol motifs (C(OH)–C–C–N with tert-alkyl or cyclic N) is 1. The number of carbonyl (C=O) groups is 1. The van der Waals surface area contributed by atoms with Crippen LogP contribution in [0.5, 0.6) is 11.5 Å². The number of hydrogen-bond donors (Lipinski definition) is 2. The van der Waals surface area contributed by atoms with Gasteiger partial charge in [-0.3, -0.25) is 14.3 Å². The van der Waals surface area contributed by atoms with E-state index in [0.29, 0.717) is 5.69 Å². The molecule has 1 fully saturated rings. The SMILES string of the molecule is COc1cc(F)c(-c2c(NC(=O)c3ccc(OC(F)F)cc3)c(=O)n(-c3ncccc3N3CC(C)(O)C3)n2C)c(F)c1. The van der Waals surface area contributed by atoms with Gasteiger partial charge in [-0.25, -0.2) is 13.8 Å². The number of halogens is 4. The van der Waals surface area contributed by atoms with Crippen molar-refractivity contribution in [2.24, 2.45) is 7.05 Å². The maximum Gasteiger partial charge on any atom is 0.387 e. The number of benzene rings is 2. The van der Waals surface area contributed by atoms with Crippen molar-refractivity contribution in [1.82, 2.24) is 14.3 Å². The van der Waals surface area contributed by atoms with Crippen LogP contribution in [-0.2, 0) is 7.05 Å². The largest absolute Gasteiger partial charge is 0.497 e. The Morgan fingerprint density at radius 3 is 2.31 bits per heavy atom. The van der Waals surface area contributed by atoms with Crippen LogP contribution in [0.4, 0.5) is 28.9 Å². The maximum atomic E-state index is 15.4. The normalized spacial score (nSPS) is 14.1. The number of pyridine rings is 1. The van der Waals surface area contributed by atoms with Crippen LogP contribution in [-0.4, -0.2) is 57.8 Å². The smallest absolute Gasteiger partial charge is 0.387 e. The van der Waals surface area contributed by atoms with E-state index in [-0.39, 0.29) is 41.7 Å². The summed E-state index contributed by atoms with van der Waals surface area (Å²) in [4.78, 5) is 33.2. The number of hydrogen-bond acceptors (Lipinski definition) is 7. The van der Waals surface area contributed by atoms with Crippen molar-refractivity contribution >= 4 is 17.3 Å². The zero-order chi connectivity index (χ0) is 30.3. The molecular formula is C28H25F4N5O5. The van der Waals surface area contributed by atoms with E-state index >= 15 is 8.78 Å². The van der Waals surface area contributed by atoms with Gasteiger partial charge < -0.3 is 24.8 Å². The molecule has 0 atom stereocenters. The second-order valence-corrected chi connectivity index (χ2v) is 9.89. The van der Waals surface area contributed by atoms with Crippen molar-refractivity contribution in [3.05, 3.63) is 82.3 Å². The number of rotatable bonds is 8. The van der Waals surface area contributed by atoms with Gasteiger partial charge in [0.05, 0.1) is 24.0 Å². The monoisotopic (exact) mass is 587 g/mol. The van der Waals surface area contributed by atoms with Crippen LogP contribution >= 0.6 is 0 Å². The minimum absolute atomic E-state index is 0.0469. The first-order valence-electron chi connectivity index (χ1n) is 12.5. The van der Waals surface area contributed by atoms with Gasteiger partial charge in [-0.1, -0.05) is 0 Å². The topological polar surface area (TPSA) is 111 Å². The van der Waals surface area contributed by atoms with Gasteiger partial charge in [0.15, 0.2) is 5.82 Å². The molecule has 1 aliphatic heterocycles. The zero-order valence-corrected chi connectivity index (χ0v) is 22.6. The van der Waals surface area contributed by atoms with E-state index in [4.69, 9.17) is 4.74 Å². The van der Waals surface area contributed by atoms with Crippen molar-refractivity contribution in [2.45, 2.75) is 19.1 Å². The minimum Gasteiger partial charge on any atom is -0.497 e. The highest BCUT2D eigenvalue weighted by Crippen LogP contribution is 2.36. The fraction of sp³-hybridized carbons (Fsp3) is 0.250. The third kappa shape index (κ3) is 5.28. The van der Waals surface area contributed by atoms with Crippen LogP contribution in [0.2, 0.25) is 0 Å². The maximum absolute atomic E-state index is 15.4. The summed E-state index contributed by atoms with van der Waals surface area (Å²) in [6, 6.07) is 9.82. The van der Waals surface area contributed by atoms with E-state index in [1.807, 2.05) is 0 Å². The molecule has 3 heterocycles. The van der Waals surface area contributed by atoms with E-state index < -0.39 is 46.6 Å². The van der Waals surface area contributed by atoms with Gasteiger partial charge in [-0.15, -0.1) is 0 Å². The Labute approximate surface area is 236 Å². The van der Waals surface area contributed by atoms with E-state index in [0.717, 1.165) is 33.6 Å². The summed E-state index contributed by atoms with van der Waals surface area (Å²) in [5.74, 6) is -3.20. The summed E-state index contributed by atoms with van der Waals surface area (Å²) in [6.07, 6.45) is 1.42. The molecule has 0 aliphatic carbocycles. The van der Waals surface area contributed by atoms with Crippen LogP contribution in [0.15, 0.2) is 59.5 Å². The number of methoxy groups -OCH3 is 1. The molecule has 42 heavy (non-hydrogen) atoms. The van der Waals surface area contributed by atoms with Crippen molar-refractivity contribution in [3.8, 4) is 28.6 Å². The molecule has 0 spiro atoms. The fourth-order valence-corrected chi connectivity index (χ4v) is 4.86. The van der Waals surface area contributed by atoms with Crippen LogP contribution < -0.4 is 25.2 Å². The predicted molar refractivity (Wildman–Crippen MR) is 145 cm³/mol. The van der Waals surface area contributed by atoms with Crippen molar-refractivity contribution in [1.29, 1.82) is 0 Å². The molecule has 2 N–H and O–H groups in total. The lowest BCUT2D eigenvalue weighted by Gasteiger charge is -2.46. The van der Waals surface area contributed by atoms with Gasteiger partial charge in [0.25, 0.3) is 11.5 Å². The molecule has 220 valence electrons. The lowest BCUT2D eigenvalue weighted by Crippen LogP contribution is -2.60. The van der Waals surface area contributed by atoms with Gasteiger partial charge in [0.2, 0.25) is 0 Å². The van der Waals surface area contributed by atoms with Gasteiger partial charge in [-0.2, -0.15) is 13.5 Å². The summed E-state index contributed by atoms with van der Waals surface area (Å²) in [5.41, 5.74) is -2.80. The number of anilines is 2. The number of ether oxygens (including phenoxy) is 2. The highest BCUT2D eigenvalue weighted by Gasteiger charge is 2.38. The fourth-order valence-electron chi connectivity index (χ4n) is 4.86. The van der Waals surface area contributed by atoms with Crippen LogP contribution in [0, 0.1) is 11.6 Å². The average molecular weight is 588 g/mol. The summed E-state index contributed by atoms with van der Waals surface area (Å²) >= 11 is 0. The summed E-state index contributed by atoms with van der Waals surface area (Å²) in [7, 11) is 2.61. The molecular weight excluding hydrogens is 562 g/mol. The summed E-state index contributed by atoms with van der Waals surface area (Å²) in [5, 5.41) is 12.7. The Bertz CT molecular complexity index is 1690.